The first-order valence-corrected chi connectivity index (χ1v) is 10.0. The summed E-state index contributed by atoms with van der Waals surface area (Å²) in [6, 6.07) is 0. The minimum atomic E-state index is 0. The first kappa shape index (κ1) is 22.4. The standard InChI is InChI=1S/C19H34N6O.HI/c1-4-20-19(21-7-10-24-8-5-16(2)6-9-24)25-11-12-26-18(15-25)17-13-22-23(3)14-17;/h13-14,16,18H,4-12,15H2,1-3H3,(H,20,21);1H. The molecule has 1 aromatic heterocycles. The maximum Gasteiger partial charge on any atom is 0.194 e. The lowest BCUT2D eigenvalue weighted by Crippen LogP contribution is -2.48. The van der Waals surface area contributed by atoms with E-state index in [0.717, 1.165) is 50.2 Å². The maximum absolute atomic E-state index is 5.96. The fourth-order valence-corrected chi connectivity index (χ4v) is 3.66. The van der Waals surface area contributed by atoms with Crippen LogP contribution >= 0.6 is 24.0 Å². The largest absolute Gasteiger partial charge is 0.370 e. The van der Waals surface area contributed by atoms with Gasteiger partial charge in [0.1, 0.15) is 6.10 Å². The lowest BCUT2D eigenvalue weighted by atomic mass is 9.99. The van der Waals surface area contributed by atoms with Gasteiger partial charge in [-0.3, -0.25) is 9.67 Å². The summed E-state index contributed by atoms with van der Waals surface area (Å²) in [7, 11) is 1.94. The molecule has 0 spiro atoms. The molecule has 0 aliphatic carbocycles. The number of rotatable bonds is 5. The fraction of sp³-hybridized carbons (Fsp3) is 0.789. The van der Waals surface area contributed by atoms with Crippen molar-refractivity contribution in [2.24, 2.45) is 18.0 Å². The number of hydrogen-bond donors (Lipinski definition) is 1. The third-order valence-electron chi connectivity index (χ3n) is 5.35. The lowest BCUT2D eigenvalue weighted by Gasteiger charge is -2.35. The van der Waals surface area contributed by atoms with Crippen LogP contribution in [0.25, 0.3) is 0 Å². The highest BCUT2D eigenvalue weighted by Gasteiger charge is 2.25. The highest BCUT2D eigenvalue weighted by Crippen LogP contribution is 2.21. The van der Waals surface area contributed by atoms with Crippen LogP contribution in [-0.4, -0.2) is 78.0 Å². The van der Waals surface area contributed by atoms with Crippen molar-refractivity contribution in [3.8, 4) is 0 Å². The number of aryl methyl sites for hydroxylation is 1. The second-order valence-electron chi connectivity index (χ2n) is 7.51. The monoisotopic (exact) mass is 490 g/mol. The van der Waals surface area contributed by atoms with Crippen molar-refractivity contribution in [1.29, 1.82) is 0 Å². The van der Waals surface area contributed by atoms with Crippen LogP contribution in [-0.2, 0) is 11.8 Å². The Bertz CT molecular complexity index is 585. The number of guanidine groups is 1. The number of halogens is 1. The van der Waals surface area contributed by atoms with Crippen LogP contribution < -0.4 is 5.32 Å². The van der Waals surface area contributed by atoms with Crippen molar-refractivity contribution in [3.63, 3.8) is 0 Å². The van der Waals surface area contributed by atoms with Gasteiger partial charge in [-0.25, -0.2) is 0 Å². The van der Waals surface area contributed by atoms with Crippen LogP contribution in [0.3, 0.4) is 0 Å². The second-order valence-corrected chi connectivity index (χ2v) is 7.51. The lowest BCUT2D eigenvalue weighted by molar-refractivity contribution is -0.00805. The van der Waals surface area contributed by atoms with E-state index in [0.29, 0.717) is 6.61 Å². The minimum Gasteiger partial charge on any atom is -0.370 e. The second kappa shape index (κ2) is 11.2. The number of ether oxygens (including phenoxy) is 1. The zero-order valence-electron chi connectivity index (χ0n) is 16.9. The molecule has 27 heavy (non-hydrogen) atoms. The minimum absolute atomic E-state index is 0. The van der Waals surface area contributed by atoms with Crippen LogP contribution in [0.2, 0.25) is 0 Å². The van der Waals surface area contributed by atoms with Crippen molar-refractivity contribution in [2.75, 3.05) is 52.4 Å². The van der Waals surface area contributed by atoms with Gasteiger partial charge in [0.15, 0.2) is 5.96 Å². The number of aromatic nitrogens is 2. The molecule has 0 bridgehead atoms. The topological polar surface area (TPSA) is 57.9 Å². The van der Waals surface area contributed by atoms with Gasteiger partial charge < -0.3 is 19.9 Å². The molecular weight excluding hydrogens is 455 g/mol. The van der Waals surface area contributed by atoms with E-state index in [9.17, 15) is 0 Å². The third-order valence-corrected chi connectivity index (χ3v) is 5.35. The normalized spacial score (nSPS) is 22.6. The molecule has 3 rings (SSSR count). The number of piperidine rings is 1. The molecule has 1 atom stereocenters. The highest BCUT2D eigenvalue weighted by molar-refractivity contribution is 14.0. The molecule has 2 aliphatic rings. The van der Waals surface area contributed by atoms with Gasteiger partial charge in [0.25, 0.3) is 0 Å². The van der Waals surface area contributed by atoms with Gasteiger partial charge in [-0.05, 0) is 38.8 Å². The van der Waals surface area contributed by atoms with E-state index < -0.39 is 0 Å². The van der Waals surface area contributed by atoms with Crippen molar-refractivity contribution in [2.45, 2.75) is 32.8 Å². The fourth-order valence-electron chi connectivity index (χ4n) is 3.66. The van der Waals surface area contributed by atoms with E-state index in [2.05, 4.69) is 34.1 Å². The Morgan fingerprint density at radius 1 is 1.33 bits per heavy atom. The number of hydrogen-bond acceptors (Lipinski definition) is 4. The Morgan fingerprint density at radius 2 is 2.11 bits per heavy atom. The number of aliphatic imine (C=N–C) groups is 1. The van der Waals surface area contributed by atoms with Crippen molar-refractivity contribution in [3.05, 3.63) is 18.0 Å². The zero-order valence-corrected chi connectivity index (χ0v) is 19.3. The Balaban J connectivity index is 0.00000261. The molecule has 2 aliphatic heterocycles. The molecule has 0 aromatic carbocycles. The predicted molar refractivity (Wildman–Crippen MR) is 120 cm³/mol. The van der Waals surface area contributed by atoms with E-state index in [1.165, 1.54) is 25.9 Å². The number of likely N-dealkylation sites (tertiary alicyclic amines) is 1. The summed E-state index contributed by atoms with van der Waals surface area (Å²) in [6.45, 7) is 12.1. The van der Waals surface area contributed by atoms with Gasteiger partial charge in [-0.1, -0.05) is 6.92 Å². The molecule has 1 unspecified atom stereocenters. The average molecular weight is 490 g/mol. The summed E-state index contributed by atoms with van der Waals surface area (Å²) in [5.74, 6) is 1.89. The van der Waals surface area contributed by atoms with Crippen molar-refractivity contribution < 1.29 is 4.74 Å². The molecule has 3 heterocycles. The Labute approximate surface area is 180 Å². The molecule has 0 amide bonds. The SMILES string of the molecule is CCNC(=NCCN1CCC(C)CC1)N1CCOC(c2cnn(C)c2)C1.I. The van der Waals surface area contributed by atoms with E-state index in [1.54, 1.807) is 0 Å². The summed E-state index contributed by atoms with van der Waals surface area (Å²) >= 11 is 0. The number of nitrogens with zero attached hydrogens (tertiary/aromatic N) is 5. The third kappa shape index (κ3) is 6.60. The molecule has 2 fully saturated rings. The molecule has 1 aromatic rings. The summed E-state index contributed by atoms with van der Waals surface area (Å²) in [6.07, 6.45) is 6.63. The van der Waals surface area contributed by atoms with Gasteiger partial charge in [0.05, 0.1) is 25.9 Å². The zero-order chi connectivity index (χ0) is 18.4. The van der Waals surface area contributed by atoms with Gasteiger partial charge >= 0.3 is 0 Å². The first-order valence-electron chi connectivity index (χ1n) is 10.0. The van der Waals surface area contributed by atoms with Crippen LogP contribution in [0.5, 0.6) is 0 Å². The molecular formula is C19H35IN6O. The van der Waals surface area contributed by atoms with Gasteiger partial charge in [-0.2, -0.15) is 5.10 Å². The highest BCUT2D eigenvalue weighted by atomic mass is 127. The maximum atomic E-state index is 5.96. The van der Waals surface area contributed by atoms with Crippen LogP contribution in [0.1, 0.15) is 38.4 Å². The van der Waals surface area contributed by atoms with Crippen LogP contribution in [0, 0.1) is 5.92 Å². The average Bonchev–Trinajstić information content (AvgIpc) is 3.09. The number of morpholine rings is 1. The summed E-state index contributed by atoms with van der Waals surface area (Å²) in [5.41, 5.74) is 1.13. The van der Waals surface area contributed by atoms with Gasteiger partial charge in [-0.15, -0.1) is 24.0 Å². The van der Waals surface area contributed by atoms with Crippen LogP contribution in [0.4, 0.5) is 0 Å². The van der Waals surface area contributed by atoms with Gasteiger partial charge in [0.2, 0.25) is 0 Å². The Hall–Kier alpha value is -0.870. The molecule has 7 nitrogen and oxygen atoms in total. The molecule has 154 valence electrons. The van der Waals surface area contributed by atoms with Crippen molar-refractivity contribution in [1.82, 2.24) is 24.9 Å². The van der Waals surface area contributed by atoms with E-state index >= 15 is 0 Å². The van der Waals surface area contributed by atoms with E-state index in [4.69, 9.17) is 9.73 Å². The molecule has 8 heteroatoms. The summed E-state index contributed by atoms with van der Waals surface area (Å²) < 4.78 is 7.79. The van der Waals surface area contributed by atoms with Crippen LogP contribution in [0.15, 0.2) is 17.4 Å². The smallest absolute Gasteiger partial charge is 0.194 e. The molecule has 1 N–H and O–H groups in total. The summed E-state index contributed by atoms with van der Waals surface area (Å²) in [4.78, 5) is 9.77. The predicted octanol–water partition coefficient (Wildman–Crippen LogP) is 2.11. The van der Waals surface area contributed by atoms with Gasteiger partial charge in [0, 0.05) is 38.4 Å². The summed E-state index contributed by atoms with van der Waals surface area (Å²) in [5, 5.41) is 7.73. The molecule has 0 saturated carbocycles. The first-order chi connectivity index (χ1) is 12.7. The Morgan fingerprint density at radius 3 is 2.78 bits per heavy atom. The van der Waals surface area contributed by atoms with E-state index in [-0.39, 0.29) is 30.1 Å². The Kier molecular flexibility index (Phi) is 9.31. The number of nitrogens with one attached hydrogen (secondary N) is 1. The van der Waals surface area contributed by atoms with Crippen molar-refractivity contribution >= 4 is 29.9 Å². The molecule has 2 saturated heterocycles. The quantitative estimate of drug-likeness (QED) is 0.390. The molecule has 0 radical (unpaired) electrons. The van der Waals surface area contributed by atoms with E-state index in [1.807, 2.05) is 24.1 Å².